The molecule has 3 saturated carbocycles. The Hall–Kier alpha value is 0. The fourth-order valence-electron chi connectivity index (χ4n) is 3.41. The number of rotatable bonds is 0. The van der Waals surface area contributed by atoms with Crippen LogP contribution in [0.4, 0.5) is 0 Å². The van der Waals surface area contributed by atoms with Gasteiger partial charge < -0.3 is 0 Å². The van der Waals surface area contributed by atoms with E-state index in [0.29, 0.717) is 0 Å². The highest BCUT2D eigenvalue weighted by Crippen LogP contribution is 2.68. The van der Waals surface area contributed by atoms with Crippen LogP contribution in [0.2, 0.25) is 0 Å². The van der Waals surface area contributed by atoms with E-state index in [1.54, 1.807) is 0 Å². The van der Waals surface area contributed by atoms with E-state index < -0.39 is 0 Å². The zero-order chi connectivity index (χ0) is 7.52. The normalized spacial score (nSPS) is 66.0. The van der Waals surface area contributed by atoms with Gasteiger partial charge in [0.15, 0.2) is 0 Å². The second kappa shape index (κ2) is 1.60. The van der Waals surface area contributed by atoms with Crippen molar-refractivity contribution in [3.8, 4) is 0 Å². The van der Waals surface area contributed by atoms with Crippen LogP contribution >= 0.6 is 0 Å². The maximum absolute atomic E-state index is 2.47. The predicted octanol–water partition coefficient (Wildman–Crippen LogP) is 2.93. The first-order chi connectivity index (χ1) is 4.57. The largest absolute Gasteiger partial charge is 0.0620 e. The lowest BCUT2D eigenvalue weighted by molar-refractivity contribution is 0.0422. The highest BCUT2D eigenvalue weighted by molar-refractivity contribution is 5.09. The molecule has 0 radical (unpaired) electrons. The molecule has 0 aromatic rings. The summed E-state index contributed by atoms with van der Waals surface area (Å²) in [4.78, 5) is 0. The molecule has 0 saturated heterocycles. The molecule has 0 heterocycles. The Bertz CT molecular complexity index is 157. The fourth-order valence-corrected chi connectivity index (χ4v) is 3.41. The second-order valence-electron chi connectivity index (χ2n) is 4.81. The van der Waals surface area contributed by atoms with Gasteiger partial charge in [-0.3, -0.25) is 0 Å². The summed E-state index contributed by atoms with van der Waals surface area (Å²) in [6.45, 7) is 9.79. The molecule has 5 atom stereocenters. The van der Waals surface area contributed by atoms with Crippen LogP contribution in [0.25, 0.3) is 0 Å². The Labute approximate surface area is 64.0 Å². The third-order valence-electron chi connectivity index (χ3n) is 4.86. The highest BCUT2D eigenvalue weighted by atomic mass is 14.7. The molecule has 0 aromatic carbocycles. The first kappa shape index (κ1) is 6.69. The van der Waals surface area contributed by atoms with E-state index in [1.807, 2.05) is 0 Å². The smallest absolute Gasteiger partial charge is 0.0266 e. The maximum atomic E-state index is 2.47. The molecule has 0 amide bonds. The van der Waals surface area contributed by atoms with Crippen molar-refractivity contribution in [2.75, 3.05) is 0 Å². The number of fused-ring (bicyclic) bond motifs is 1. The lowest BCUT2D eigenvalue weighted by Gasteiger charge is -2.44. The summed E-state index contributed by atoms with van der Waals surface area (Å²) in [7, 11) is 0. The van der Waals surface area contributed by atoms with Gasteiger partial charge in [-0.25, -0.2) is 0 Å². The molecule has 10 heavy (non-hydrogen) atoms. The lowest BCUT2D eigenvalue weighted by atomic mass is 9.60. The first-order valence-corrected chi connectivity index (χ1v) is 4.57. The lowest BCUT2D eigenvalue weighted by Crippen LogP contribution is -2.37. The Morgan fingerprint density at radius 1 is 1.10 bits per heavy atom. The van der Waals surface area contributed by atoms with E-state index in [9.17, 15) is 0 Å². The summed E-state index contributed by atoms with van der Waals surface area (Å²) < 4.78 is 0. The zero-order valence-electron chi connectivity index (χ0n) is 7.52. The van der Waals surface area contributed by atoms with Gasteiger partial charge in [0.25, 0.3) is 0 Å². The fraction of sp³-hybridized carbons (Fsp3) is 1.00. The van der Waals surface area contributed by atoms with Gasteiger partial charge in [0.2, 0.25) is 0 Å². The van der Waals surface area contributed by atoms with Crippen LogP contribution < -0.4 is 0 Å². The molecular formula is C10H18. The van der Waals surface area contributed by atoms with Gasteiger partial charge in [0.1, 0.15) is 0 Å². The topological polar surface area (TPSA) is 0 Å². The molecule has 3 rings (SSSR count). The van der Waals surface area contributed by atoms with Gasteiger partial charge in [0, 0.05) is 0 Å². The minimum absolute atomic E-state index is 0.726. The van der Waals surface area contributed by atoms with Crippen molar-refractivity contribution in [3.63, 3.8) is 0 Å². The summed E-state index contributed by atoms with van der Waals surface area (Å²) in [5.74, 6) is 4.06. The van der Waals surface area contributed by atoms with Crippen molar-refractivity contribution in [3.05, 3.63) is 0 Å². The molecule has 0 aromatic heterocycles. The van der Waals surface area contributed by atoms with Crippen molar-refractivity contribution in [2.45, 2.75) is 34.1 Å². The molecule has 5 unspecified atom stereocenters. The van der Waals surface area contributed by atoms with Gasteiger partial charge in [-0.15, -0.1) is 0 Å². The van der Waals surface area contributed by atoms with E-state index in [2.05, 4.69) is 27.7 Å². The van der Waals surface area contributed by atoms with Crippen LogP contribution in [-0.2, 0) is 0 Å². The van der Waals surface area contributed by atoms with Crippen LogP contribution in [0.3, 0.4) is 0 Å². The molecule has 58 valence electrons. The van der Waals surface area contributed by atoms with E-state index >= 15 is 0 Å². The molecule has 0 nitrogen and oxygen atoms in total. The van der Waals surface area contributed by atoms with Gasteiger partial charge in [-0.2, -0.15) is 0 Å². The van der Waals surface area contributed by atoms with E-state index in [0.717, 1.165) is 29.1 Å². The maximum Gasteiger partial charge on any atom is -0.0266 e. The Kier molecular flexibility index (Phi) is 1.07. The van der Waals surface area contributed by atoms with Gasteiger partial charge >= 0.3 is 0 Å². The summed E-state index contributed by atoms with van der Waals surface area (Å²) in [5.41, 5.74) is 0.726. The summed E-state index contributed by atoms with van der Waals surface area (Å²) in [5, 5.41) is 0. The molecule has 2 bridgehead atoms. The molecule has 0 heteroatoms. The number of hydrogen-bond acceptors (Lipinski definition) is 0. The molecule has 0 aliphatic heterocycles. The summed E-state index contributed by atoms with van der Waals surface area (Å²) >= 11 is 0. The average molecular weight is 138 g/mol. The van der Waals surface area contributed by atoms with Crippen LogP contribution in [0.1, 0.15) is 34.1 Å². The Morgan fingerprint density at radius 2 is 1.70 bits per heavy atom. The monoisotopic (exact) mass is 138 g/mol. The van der Waals surface area contributed by atoms with Crippen LogP contribution in [0.5, 0.6) is 0 Å². The third kappa shape index (κ3) is 0.466. The van der Waals surface area contributed by atoms with Crippen LogP contribution in [0.15, 0.2) is 0 Å². The van der Waals surface area contributed by atoms with Crippen molar-refractivity contribution in [2.24, 2.45) is 29.1 Å². The van der Waals surface area contributed by atoms with E-state index in [1.165, 1.54) is 6.42 Å². The Balaban J connectivity index is 2.28. The van der Waals surface area contributed by atoms with Crippen molar-refractivity contribution in [1.29, 1.82) is 0 Å². The van der Waals surface area contributed by atoms with Gasteiger partial charge in [-0.1, -0.05) is 27.7 Å². The molecule has 0 N–H and O–H groups in total. The molecule has 3 aliphatic carbocycles. The van der Waals surface area contributed by atoms with Crippen molar-refractivity contribution >= 4 is 0 Å². The third-order valence-corrected chi connectivity index (χ3v) is 4.86. The summed E-state index contributed by atoms with van der Waals surface area (Å²) in [6.07, 6.45) is 1.51. The van der Waals surface area contributed by atoms with Gasteiger partial charge in [0.05, 0.1) is 0 Å². The van der Waals surface area contributed by atoms with E-state index in [4.69, 9.17) is 0 Å². The van der Waals surface area contributed by atoms with E-state index in [-0.39, 0.29) is 0 Å². The number of hydrogen-bond donors (Lipinski definition) is 0. The molecule has 3 aliphatic rings. The van der Waals surface area contributed by atoms with Gasteiger partial charge in [-0.05, 0) is 35.5 Å². The van der Waals surface area contributed by atoms with Crippen molar-refractivity contribution < 1.29 is 0 Å². The first-order valence-electron chi connectivity index (χ1n) is 4.57. The highest BCUT2D eigenvalue weighted by Gasteiger charge is 2.61. The second-order valence-corrected chi connectivity index (χ2v) is 4.81. The minimum atomic E-state index is 0.726. The van der Waals surface area contributed by atoms with Crippen LogP contribution in [-0.4, -0.2) is 0 Å². The molecular weight excluding hydrogens is 120 g/mol. The van der Waals surface area contributed by atoms with Crippen molar-refractivity contribution in [1.82, 2.24) is 0 Å². The Morgan fingerprint density at radius 3 is 1.80 bits per heavy atom. The average Bonchev–Trinajstić information content (AvgIpc) is 2.21. The standard InChI is InChI=1S/C10H18/c1-6-7(2)10(4)5-9(6)8(10)3/h6-9H,5H2,1-4H3. The molecule has 3 fully saturated rings. The minimum Gasteiger partial charge on any atom is -0.0620 e. The molecule has 0 spiro atoms. The zero-order valence-corrected chi connectivity index (χ0v) is 7.52. The SMILES string of the molecule is CC1C2CC(C)(C1C)C2C. The van der Waals surface area contributed by atoms with Crippen LogP contribution in [0, 0.1) is 29.1 Å². The summed E-state index contributed by atoms with van der Waals surface area (Å²) in [6, 6.07) is 0. The predicted molar refractivity (Wildman–Crippen MR) is 43.7 cm³/mol. The quantitative estimate of drug-likeness (QED) is 0.483.